The zero-order valence-electron chi connectivity index (χ0n) is 85.1. The van der Waals surface area contributed by atoms with Crippen LogP contribution in [0.1, 0.15) is 137 Å². The third kappa shape index (κ3) is 32.3. The monoisotopic (exact) mass is 2020 g/mol. The van der Waals surface area contributed by atoms with E-state index in [1.807, 2.05) is 203 Å². The molecule has 3 aliphatic heterocycles. The van der Waals surface area contributed by atoms with Crippen molar-refractivity contribution in [1.29, 1.82) is 0 Å². The van der Waals surface area contributed by atoms with Gasteiger partial charge in [0, 0.05) is 98.6 Å². The van der Waals surface area contributed by atoms with Gasteiger partial charge in [-0.3, -0.25) is 56.9 Å². The number of nitrogens with zero attached hydrogens (tertiary/aromatic N) is 15. The van der Waals surface area contributed by atoms with Gasteiger partial charge in [-0.1, -0.05) is 124 Å². The van der Waals surface area contributed by atoms with Crippen LogP contribution in [0.2, 0.25) is 0 Å². The first kappa shape index (κ1) is 116. The van der Waals surface area contributed by atoms with Gasteiger partial charge in [0.05, 0.1) is 110 Å². The van der Waals surface area contributed by atoms with Gasteiger partial charge in [-0.25, -0.2) is 44.9 Å². The number of amides is 2. The van der Waals surface area contributed by atoms with E-state index in [4.69, 9.17) is 50.1 Å². The number of rotatable bonds is 41. The highest BCUT2D eigenvalue weighted by Gasteiger charge is 2.48. The summed E-state index contributed by atoms with van der Waals surface area (Å²) in [5.74, 6) is 0.418. The second kappa shape index (κ2) is 56.0. The van der Waals surface area contributed by atoms with Crippen LogP contribution < -0.4 is 51.0 Å². The number of aromatic nitrogens is 12. The van der Waals surface area contributed by atoms with E-state index in [9.17, 15) is 73.8 Å². The molecule has 17 atom stereocenters. The molecule has 3 saturated heterocycles. The standard InChI is InChI=1S/C26H34N6O5.C25H33N7O5.C15H20O4.C14H18O4.C12H18N6O3.C11H14O3/c1-15-5-7-17(8-6-15)11-16(2)18(34)9-10-20(35)30-21-19(12-33)37-26(23(21)36)32-14-29-22-24(31(3)4)27-13-28-25(22)32;1-14-4-6-15(7-5-14)10-16(26)17(34)8-9-19(35)30-20-18(11-33)37-25(22(20)36)32-13-29-21-23(31(2)3)27-12-28-24(21)32;1-11(14(16)8-9-15(17)19-3)10-12-4-6-13(18-2)7-5-12;1-10(13(15)7-8-14(16)17)9-11-3-5-12(18-2)6-4-11;1-17(2)10-8-11(15-4-14-10)18(5-16-8)12-9(20)7(13)6(3-19)21-12;1-8(11(12)13)7-9-3-5-10(14-2)6-4-9/h5-8,13-14,16,19,21,23,26,33,36H,9-12H2,1-4H3,(H,30,35);4-7,12-13,16,18,20,22,25,33,36H,8-11,26H2,1-3H3,(H,30,35);4-7,11H,8-10H2,1-3H3;3-6,10H,7-9H2,1-2H3,(H,16,17);4-7,9,12,19-20H,3,13H2,1-2H3;3-6,8H,7H2,1-2H3,(H,12,13)/t16-,19+,21-,23?,26+;16-,18+,20-,22?,25+;11-;10-;6-,7+,9?,12-;8-/m000010/s1. The molecule has 43 heteroatoms. The second-order valence-electron chi connectivity index (χ2n) is 36.6. The number of methoxy groups -OCH3 is 4. The lowest BCUT2D eigenvalue weighted by Gasteiger charge is -2.21. The SMILES string of the molecule is CN(C)c1ncnc2c1ncn2[C@@H]1O[C@H](CO)[C@H](N)C1O.COC(=O)CCC(=O)[C@@H](C)Cc1ccc(OC)cc1.COc1ccc(C[C@H](C)C(=O)CCC(=O)O)cc1.COc1ccc(C[C@H](C)C(=O)O)cc1.Cc1ccc(C[C@H](C)C(=O)CCC(=O)N[C@@H]2C(O)[C@H](n3cnc4c(N(C)C)ncnc43)O[C@@H]2CO)cc1.Cc1ccc(C[C@H](N)C(=O)CCC(=O)N[C@@H]2C(O)[C@H](n3cnc4c(N(C)C)ncnc43)O[C@@H]2CO)cc1. The molecule has 146 heavy (non-hydrogen) atoms. The molecule has 788 valence electrons. The number of fused-ring (bicyclic) bond motifs is 3. The molecule has 2 amide bonds. The highest BCUT2D eigenvalue weighted by atomic mass is 16.6. The van der Waals surface area contributed by atoms with Crippen LogP contribution in [0.5, 0.6) is 17.2 Å². The number of carbonyl (C=O) groups is 9. The summed E-state index contributed by atoms with van der Waals surface area (Å²) in [5.41, 5.74) is 22.5. The molecule has 3 unspecified atom stereocenters. The Morgan fingerprint density at radius 1 is 0.390 bits per heavy atom. The Bertz CT molecular complexity index is 5880. The number of ether oxygens (including phenoxy) is 7. The molecular weight excluding hydrogens is 1890 g/mol. The van der Waals surface area contributed by atoms with Gasteiger partial charge in [-0.15, -0.1) is 0 Å². The number of carboxylic acid groups (broad SMARTS) is 2. The molecule has 43 nitrogen and oxygen atoms in total. The van der Waals surface area contributed by atoms with Gasteiger partial charge in [0.2, 0.25) is 11.8 Å². The largest absolute Gasteiger partial charge is 0.497 e. The summed E-state index contributed by atoms with van der Waals surface area (Å²) < 4.78 is 41.8. The quantitative estimate of drug-likeness (QED) is 0.0191. The Kier molecular flexibility index (Phi) is 44.4. The number of ketones is 4. The fourth-order valence-corrected chi connectivity index (χ4v) is 16.2. The number of aliphatic hydroxyl groups is 6. The summed E-state index contributed by atoms with van der Waals surface area (Å²) in [7, 11) is 17.2. The first-order valence-corrected chi connectivity index (χ1v) is 47.7. The van der Waals surface area contributed by atoms with Gasteiger partial charge in [-0.2, -0.15) is 0 Å². The Hall–Kier alpha value is -13.9. The highest BCUT2D eigenvalue weighted by molar-refractivity contribution is 5.90. The number of carbonyl (C=O) groups excluding carboxylic acids is 7. The van der Waals surface area contributed by atoms with Crippen molar-refractivity contribution in [3.63, 3.8) is 0 Å². The number of Topliss-reactive ketones (excluding diaryl/α,β-unsaturated/α-hetero) is 4. The molecule has 0 spiro atoms. The van der Waals surface area contributed by atoms with E-state index in [-0.39, 0.29) is 111 Å². The molecule has 3 fully saturated rings. The maximum absolute atomic E-state index is 12.7. The van der Waals surface area contributed by atoms with E-state index < -0.39 is 116 Å². The molecular formula is C103H137N19O24. The number of aryl methyl sites for hydroxylation is 2. The number of nitrogens with two attached hydrogens (primary N) is 2. The summed E-state index contributed by atoms with van der Waals surface area (Å²) in [6, 6.07) is 35.3. The predicted octanol–water partition coefficient (Wildman–Crippen LogP) is 6.15. The normalized spacial score (nSPS) is 19.6. The number of esters is 1. The van der Waals surface area contributed by atoms with E-state index in [2.05, 4.69) is 60.2 Å². The van der Waals surface area contributed by atoms with Gasteiger partial charge in [-0.05, 0) is 110 Å². The second-order valence-corrected chi connectivity index (χ2v) is 36.6. The lowest BCUT2D eigenvalue weighted by molar-refractivity contribution is -0.142. The van der Waals surface area contributed by atoms with Crippen LogP contribution in [0.4, 0.5) is 17.5 Å². The first-order chi connectivity index (χ1) is 69.6. The van der Waals surface area contributed by atoms with Gasteiger partial charge in [0.1, 0.15) is 96.0 Å². The van der Waals surface area contributed by atoms with Gasteiger partial charge >= 0.3 is 17.9 Å². The number of aliphatic carboxylic acids is 2. The fraction of sp³-hybridized carbons (Fsp3) is 0.476. The number of benzene rings is 5. The predicted molar refractivity (Wildman–Crippen MR) is 541 cm³/mol. The summed E-state index contributed by atoms with van der Waals surface area (Å²) in [5, 5.41) is 83.9. The van der Waals surface area contributed by atoms with E-state index in [1.165, 1.54) is 45.1 Å². The Morgan fingerprint density at radius 3 is 0.986 bits per heavy atom. The van der Waals surface area contributed by atoms with Crippen molar-refractivity contribution >= 4 is 104 Å². The number of nitrogens with one attached hydrogen (secondary N) is 2. The lowest BCUT2D eigenvalue weighted by atomic mass is 9.94. The lowest BCUT2D eigenvalue weighted by Crippen LogP contribution is -2.48. The average Bonchev–Trinajstić information content (AvgIpc) is 1.62. The molecule has 0 radical (unpaired) electrons. The maximum Gasteiger partial charge on any atom is 0.306 e. The molecule has 14 N–H and O–H groups in total. The van der Waals surface area contributed by atoms with Crippen LogP contribution in [0.15, 0.2) is 159 Å². The fourth-order valence-electron chi connectivity index (χ4n) is 16.2. The van der Waals surface area contributed by atoms with Crippen LogP contribution in [0.25, 0.3) is 33.5 Å². The minimum atomic E-state index is -1.20. The summed E-state index contributed by atoms with van der Waals surface area (Å²) in [6.07, 6.45) is 3.70. The third-order valence-electron chi connectivity index (χ3n) is 24.9. The third-order valence-corrected chi connectivity index (χ3v) is 24.9. The van der Waals surface area contributed by atoms with Crippen molar-refractivity contribution in [2.75, 3.05) is 105 Å². The number of imidazole rings is 3. The Labute approximate surface area is 846 Å². The van der Waals surface area contributed by atoms with Crippen molar-refractivity contribution < 1.29 is 117 Å². The summed E-state index contributed by atoms with van der Waals surface area (Å²) >= 11 is 0. The topological polar surface area (TPSA) is 597 Å². The molecule has 6 aromatic heterocycles. The minimum Gasteiger partial charge on any atom is -0.497 e. The van der Waals surface area contributed by atoms with Crippen molar-refractivity contribution in [3.05, 3.63) is 198 Å². The molecule has 9 heterocycles. The highest BCUT2D eigenvalue weighted by Crippen LogP contribution is 2.37. The number of hydrogen-bond donors (Lipinski definition) is 12. The van der Waals surface area contributed by atoms with Crippen LogP contribution in [-0.2, 0) is 94.2 Å². The smallest absolute Gasteiger partial charge is 0.306 e. The zero-order valence-corrected chi connectivity index (χ0v) is 85.1. The van der Waals surface area contributed by atoms with Gasteiger partial charge in [0.25, 0.3) is 0 Å². The summed E-state index contributed by atoms with van der Waals surface area (Å²) in [4.78, 5) is 150. The van der Waals surface area contributed by atoms with Crippen molar-refractivity contribution in [1.82, 2.24) is 69.2 Å². The van der Waals surface area contributed by atoms with E-state index >= 15 is 0 Å². The molecule has 0 saturated carbocycles. The van der Waals surface area contributed by atoms with Crippen LogP contribution in [0.3, 0.4) is 0 Å². The van der Waals surface area contributed by atoms with Crippen LogP contribution in [-0.4, -0.2) is 304 Å². The van der Waals surface area contributed by atoms with Gasteiger partial charge < -0.3 is 111 Å². The van der Waals surface area contributed by atoms with Crippen molar-refractivity contribution in [2.45, 2.75) is 204 Å². The molecule has 0 aliphatic carbocycles. The maximum atomic E-state index is 12.7. The van der Waals surface area contributed by atoms with E-state index in [1.54, 1.807) is 51.8 Å². The van der Waals surface area contributed by atoms with Gasteiger partial charge in [0.15, 0.2) is 69.6 Å². The van der Waals surface area contributed by atoms with E-state index in [0.29, 0.717) is 83.0 Å². The Morgan fingerprint density at radius 2 is 0.685 bits per heavy atom. The number of anilines is 3. The van der Waals surface area contributed by atoms with Crippen molar-refractivity contribution in [2.24, 2.45) is 35.1 Å². The van der Waals surface area contributed by atoms with Crippen molar-refractivity contribution in [3.8, 4) is 17.2 Å². The van der Waals surface area contributed by atoms with Crippen LogP contribution >= 0.6 is 0 Å². The minimum absolute atomic E-state index is 0.00297. The summed E-state index contributed by atoms with van der Waals surface area (Å²) in [6.45, 7) is 10.2. The molecule has 3 aliphatic rings. The number of aliphatic hydroxyl groups excluding tert-OH is 6. The van der Waals surface area contributed by atoms with Crippen LogP contribution in [0, 0.1) is 37.5 Å². The molecule has 5 aromatic carbocycles. The number of hydrogen-bond acceptors (Lipinski definition) is 36. The first-order valence-electron chi connectivity index (χ1n) is 47.7. The zero-order chi connectivity index (χ0) is 107. The molecule has 14 rings (SSSR count). The average molecular weight is 2030 g/mol. The number of carboxylic acids is 2. The van der Waals surface area contributed by atoms with E-state index in [0.717, 1.165) is 56.2 Å². The molecule has 0 bridgehead atoms. The Balaban J connectivity index is 0.000000202. The molecule has 11 aromatic rings.